The molecule has 0 spiro atoms. The highest BCUT2D eigenvalue weighted by molar-refractivity contribution is 6.12. The molecular formula is C23H25F4NO4. The summed E-state index contributed by atoms with van der Waals surface area (Å²) < 4.78 is 60.8. The Bertz CT molecular complexity index is 964. The lowest BCUT2D eigenvalue weighted by Crippen LogP contribution is -2.30. The number of carbonyl (C=O) groups is 2. The van der Waals surface area contributed by atoms with E-state index in [0.717, 1.165) is 24.2 Å². The second-order valence-electron chi connectivity index (χ2n) is 7.29. The van der Waals surface area contributed by atoms with E-state index >= 15 is 0 Å². The molecular weight excluding hydrogens is 430 g/mol. The molecule has 0 saturated carbocycles. The molecule has 0 aliphatic rings. The highest BCUT2D eigenvalue weighted by atomic mass is 19.2. The normalized spacial score (nSPS) is 10.8. The van der Waals surface area contributed by atoms with Crippen LogP contribution < -0.4 is 9.64 Å². The molecule has 9 heteroatoms. The summed E-state index contributed by atoms with van der Waals surface area (Å²) in [6, 6.07) is 6.00. The standard InChI is InChI=1S/C23H25F4NO4/c1-3-4-5-6-7-8-13-32-15-11-9-14(10-12-15)28(2)22(29)16-17(23(30)31)19(25)21(27)20(26)18(16)24/h9-12H,3-8,13H2,1-2H3,(H,30,31). The summed E-state index contributed by atoms with van der Waals surface area (Å²) >= 11 is 0. The van der Waals surface area contributed by atoms with E-state index in [4.69, 9.17) is 9.84 Å². The summed E-state index contributed by atoms with van der Waals surface area (Å²) in [5, 5.41) is 9.10. The Morgan fingerprint density at radius 1 is 0.844 bits per heavy atom. The Balaban J connectivity index is 2.11. The first-order chi connectivity index (χ1) is 15.2. The van der Waals surface area contributed by atoms with Crippen molar-refractivity contribution in [1.82, 2.24) is 0 Å². The van der Waals surface area contributed by atoms with E-state index in [1.807, 2.05) is 0 Å². The molecule has 0 atom stereocenters. The molecule has 0 aliphatic heterocycles. The Morgan fingerprint density at radius 2 is 1.38 bits per heavy atom. The number of halogens is 4. The second-order valence-corrected chi connectivity index (χ2v) is 7.29. The van der Waals surface area contributed by atoms with Gasteiger partial charge < -0.3 is 14.7 Å². The zero-order valence-corrected chi connectivity index (χ0v) is 17.9. The number of ether oxygens (including phenoxy) is 1. The maximum atomic E-state index is 14.2. The van der Waals surface area contributed by atoms with Gasteiger partial charge in [0.1, 0.15) is 11.3 Å². The molecule has 1 N–H and O–H groups in total. The number of benzene rings is 2. The average molecular weight is 455 g/mol. The molecule has 174 valence electrons. The van der Waals surface area contributed by atoms with Gasteiger partial charge in [0.2, 0.25) is 0 Å². The molecule has 0 bridgehead atoms. The summed E-state index contributed by atoms with van der Waals surface area (Å²) in [5.74, 6) is -11.7. The van der Waals surface area contributed by atoms with Crippen LogP contribution in [0.2, 0.25) is 0 Å². The van der Waals surface area contributed by atoms with Gasteiger partial charge in [0, 0.05) is 12.7 Å². The quantitative estimate of drug-likeness (QED) is 0.197. The number of nitrogens with zero attached hydrogens (tertiary/aromatic N) is 1. The fourth-order valence-corrected chi connectivity index (χ4v) is 3.16. The molecule has 0 fully saturated rings. The van der Waals surface area contributed by atoms with Crippen molar-refractivity contribution in [1.29, 1.82) is 0 Å². The SMILES string of the molecule is CCCCCCCCOc1ccc(N(C)C(=O)c2c(F)c(F)c(F)c(F)c2C(=O)O)cc1. The number of amides is 1. The third kappa shape index (κ3) is 5.77. The van der Waals surface area contributed by atoms with E-state index in [9.17, 15) is 27.2 Å². The number of rotatable bonds is 11. The molecule has 2 aromatic carbocycles. The number of hydrogen-bond donors (Lipinski definition) is 1. The van der Waals surface area contributed by atoms with Crippen LogP contribution >= 0.6 is 0 Å². The molecule has 0 heterocycles. The minimum atomic E-state index is -2.30. The number of aromatic carboxylic acids is 1. The summed E-state index contributed by atoms with van der Waals surface area (Å²) in [5.41, 5.74) is -2.79. The summed E-state index contributed by atoms with van der Waals surface area (Å²) in [4.78, 5) is 24.7. The first kappa shape index (κ1) is 25.2. The Hall–Kier alpha value is -3.10. The van der Waals surface area contributed by atoms with Crippen molar-refractivity contribution in [2.24, 2.45) is 0 Å². The zero-order chi connectivity index (χ0) is 23.8. The van der Waals surface area contributed by atoms with Crippen molar-refractivity contribution >= 4 is 17.6 Å². The van der Waals surface area contributed by atoms with E-state index < -0.39 is 46.3 Å². The minimum Gasteiger partial charge on any atom is -0.494 e. The third-order valence-electron chi connectivity index (χ3n) is 4.99. The average Bonchev–Trinajstić information content (AvgIpc) is 2.78. The third-order valence-corrected chi connectivity index (χ3v) is 4.99. The van der Waals surface area contributed by atoms with Crippen LogP contribution in [-0.4, -0.2) is 30.6 Å². The van der Waals surface area contributed by atoms with Crippen LogP contribution in [0.15, 0.2) is 24.3 Å². The molecule has 0 saturated heterocycles. The van der Waals surface area contributed by atoms with E-state index in [0.29, 0.717) is 12.4 Å². The van der Waals surface area contributed by atoms with Crippen LogP contribution in [0, 0.1) is 23.3 Å². The monoisotopic (exact) mass is 455 g/mol. The maximum Gasteiger partial charge on any atom is 0.339 e. The molecule has 32 heavy (non-hydrogen) atoms. The van der Waals surface area contributed by atoms with Gasteiger partial charge in [-0.1, -0.05) is 39.0 Å². The number of carboxylic acids is 1. The smallest absolute Gasteiger partial charge is 0.339 e. The van der Waals surface area contributed by atoms with Gasteiger partial charge in [0.15, 0.2) is 23.3 Å². The van der Waals surface area contributed by atoms with E-state index in [-0.39, 0.29) is 5.69 Å². The van der Waals surface area contributed by atoms with Gasteiger partial charge in [0.25, 0.3) is 5.91 Å². The first-order valence-corrected chi connectivity index (χ1v) is 10.3. The number of carboxylic acid groups (broad SMARTS) is 1. The Morgan fingerprint density at radius 3 is 1.94 bits per heavy atom. The number of anilines is 1. The summed E-state index contributed by atoms with van der Waals surface area (Å²) in [6.07, 6.45) is 6.67. The van der Waals surface area contributed by atoms with Crippen molar-refractivity contribution in [3.8, 4) is 5.75 Å². The lowest BCUT2D eigenvalue weighted by Gasteiger charge is -2.20. The molecule has 0 aliphatic carbocycles. The lowest BCUT2D eigenvalue weighted by atomic mass is 10.0. The van der Waals surface area contributed by atoms with Crippen molar-refractivity contribution in [2.75, 3.05) is 18.6 Å². The zero-order valence-electron chi connectivity index (χ0n) is 17.9. The molecule has 5 nitrogen and oxygen atoms in total. The van der Waals surface area contributed by atoms with E-state index in [1.54, 1.807) is 12.1 Å². The van der Waals surface area contributed by atoms with Gasteiger partial charge in [0.05, 0.1) is 12.2 Å². The fraction of sp³-hybridized carbons (Fsp3) is 0.391. The topological polar surface area (TPSA) is 66.8 Å². The minimum absolute atomic E-state index is 0.183. The molecule has 0 unspecified atom stereocenters. The molecule has 0 radical (unpaired) electrons. The van der Waals surface area contributed by atoms with Crippen LogP contribution in [0.25, 0.3) is 0 Å². The van der Waals surface area contributed by atoms with Crippen molar-refractivity contribution in [3.63, 3.8) is 0 Å². The van der Waals surface area contributed by atoms with Crippen molar-refractivity contribution < 1.29 is 37.0 Å². The van der Waals surface area contributed by atoms with Crippen molar-refractivity contribution in [2.45, 2.75) is 45.4 Å². The van der Waals surface area contributed by atoms with Gasteiger partial charge in [-0.2, -0.15) is 0 Å². The van der Waals surface area contributed by atoms with E-state index in [1.165, 1.54) is 38.4 Å². The number of unbranched alkanes of at least 4 members (excludes halogenated alkanes) is 5. The predicted molar refractivity (Wildman–Crippen MR) is 111 cm³/mol. The lowest BCUT2D eigenvalue weighted by molar-refractivity contribution is 0.0683. The van der Waals surface area contributed by atoms with Gasteiger partial charge in [-0.05, 0) is 30.7 Å². The fourth-order valence-electron chi connectivity index (χ4n) is 3.16. The maximum absolute atomic E-state index is 14.2. The predicted octanol–water partition coefficient (Wildman–Crippen LogP) is 5.96. The van der Waals surface area contributed by atoms with Gasteiger partial charge in [-0.3, -0.25) is 4.79 Å². The number of hydrogen-bond acceptors (Lipinski definition) is 3. The Labute approximate surface area is 183 Å². The second kappa shape index (κ2) is 11.5. The highest BCUT2D eigenvalue weighted by Gasteiger charge is 2.34. The van der Waals surface area contributed by atoms with Crippen LogP contribution in [0.5, 0.6) is 5.75 Å². The van der Waals surface area contributed by atoms with Gasteiger partial charge in [-0.25, -0.2) is 22.4 Å². The van der Waals surface area contributed by atoms with Crippen LogP contribution in [-0.2, 0) is 0 Å². The molecule has 1 amide bonds. The van der Waals surface area contributed by atoms with Gasteiger partial charge in [-0.15, -0.1) is 0 Å². The largest absolute Gasteiger partial charge is 0.494 e. The van der Waals surface area contributed by atoms with Gasteiger partial charge >= 0.3 is 5.97 Å². The Kier molecular flexibility index (Phi) is 9.04. The van der Waals surface area contributed by atoms with E-state index in [2.05, 4.69) is 6.92 Å². The summed E-state index contributed by atoms with van der Waals surface area (Å²) in [7, 11) is 1.17. The summed E-state index contributed by atoms with van der Waals surface area (Å²) in [6.45, 7) is 2.66. The van der Waals surface area contributed by atoms with Crippen LogP contribution in [0.1, 0.15) is 66.2 Å². The highest BCUT2D eigenvalue weighted by Crippen LogP contribution is 2.27. The van der Waals surface area contributed by atoms with Crippen LogP contribution in [0.4, 0.5) is 23.2 Å². The molecule has 2 rings (SSSR count). The molecule has 0 aromatic heterocycles. The first-order valence-electron chi connectivity index (χ1n) is 10.3. The molecule has 2 aromatic rings. The van der Waals surface area contributed by atoms with Crippen LogP contribution in [0.3, 0.4) is 0 Å². The van der Waals surface area contributed by atoms with Crippen molar-refractivity contribution in [3.05, 3.63) is 58.7 Å². The number of carbonyl (C=O) groups excluding carboxylic acids is 1.